The molecule has 0 radical (unpaired) electrons. The van der Waals surface area contributed by atoms with Gasteiger partial charge in [-0.3, -0.25) is 0 Å². The van der Waals surface area contributed by atoms with Gasteiger partial charge >= 0.3 is 18.9 Å². The average molecular weight is 360 g/mol. The molecule has 3 rings (SSSR count). The molecule has 0 atom stereocenters. The SMILES string of the molecule is CCCC[B-](c1cccc(F)c1)(c1cccc(F)c1)c1cccc(F)c1.[Li+]. The van der Waals surface area contributed by atoms with E-state index in [0.29, 0.717) is 6.32 Å². The quantitative estimate of drug-likeness (QED) is 0.583. The topological polar surface area (TPSA) is 0 Å². The second-order valence-corrected chi connectivity index (χ2v) is 6.85. The second kappa shape index (κ2) is 9.35. The Morgan fingerprint density at radius 2 is 1.04 bits per heavy atom. The van der Waals surface area contributed by atoms with Crippen molar-refractivity contribution < 1.29 is 32.0 Å². The maximum atomic E-state index is 14.1. The molecular formula is C22H21BF3Li. The van der Waals surface area contributed by atoms with E-state index < -0.39 is 6.15 Å². The number of benzene rings is 3. The Balaban J connectivity index is 0.00000261. The van der Waals surface area contributed by atoms with Crippen LogP contribution in [-0.4, -0.2) is 6.15 Å². The van der Waals surface area contributed by atoms with Crippen LogP contribution in [0.4, 0.5) is 13.2 Å². The van der Waals surface area contributed by atoms with Gasteiger partial charge in [-0.2, -0.15) is 22.7 Å². The van der Waals surface area contributed by atoms with Gasteiger partial charge in [0.25, 0.3) is 0 Å². The third kappa shape index (κ3) is 4.51. The average Bonchev–Trinajstić information content (AvgIpc) is 2.63. The van der Waals surface area contributed by atoms with Crippen molar-refractivity contribution in [3.05, 3.63) is 90.2 Å². The fourth-order valence-corrected chi connectivity index (χ4v) is 4.03. The summed E-state index contributed by atoms with van der Waals surface area (Å²) in [6, 6.07) is 19.2. The zero-order valence-corrected chi connectivity index (χ0v) is 15.8. The van der Waals surface area contributed by atoms with Gasteiger partial charge in [-0.05, 0) is 18.2 Å². The van der Waals surface area contributed by atoms with Gasteiger partial charge < -0.3 is 0 Å². The van der Waals surface area contributed by atoms with Crippen molar-refractivity contribution >= 4 is 22.5 Å². The van der Waals surface area contributed by atoms with E-state index in [2.05, 4.69) is 6.92 Å². The Kier molecular flexibility index (Phi) is 7.42. The van der Waals surface area contributed by atoms with E-state index in [4.69, 9.17) is 0 Å². The molecule has 0 fully saturated rings. The fraction of sp³-hybridized carbons (Fsp3) is 0.182. The first-order chi connectivity index (χ1) is 12.6. The number of unbranched alkanes of at least 4 members (excludes halogenated alkanes) is 1. The molecule has 0 aliphatic rings. The Morgan fingerprint density at radius 3 is 1.33 bits per heavy atom. The monoisotopic (exact) mass is 360 g/mol. The Bertz CT molecular complexity index is 787. The van der Waals surface area contributed by atoms with Crippen LogP contribution in [0.1, 0.15) is 19.8 Å². The molecule has 0 bridgehead atoms. The van der Waals surface area contributed by atoms with Crippen LogP contribution < -0.4 is 35.2 Å². The van der Waals surface area contributed by atoms with Gasteiger partial charge in [0.05, 0.1) is 6.15 Å². The largest absolute Gasteiger partial charge is 1.00 e. The molecular weight excluding hydrogens is 339 g/mol. The molecule has 3 aromatic rings. The number of hydrogen-bond acceptors (Lipinski definition) is 0. The van der Waals surface area contributed by atoms with E-state index in [1.54, 1.807) is 18.2 Å². The normalized spacial score (nSPS) is 11.1. The summed E-state index contributed by atoms with van der Waals surface area (Å²) in [6.07, 6.45) is 0.795. The minimum Gasteiger partial charge on any atom is -0.207 e. The Labute approximate surface area is 170 Å². The summed E-state index contributed by atoms with van der Waals surface area (Å²) in [7, 11) is 0. The predicted octanol–water partition coefficient (Wildman–Crippen LogP) is 1.38. The first kappa shape index (κ1) is 21.4. The van der Waals surface area contributed by atoms with Crippen molar-refractivity contribution in [2.75, 3.05) is 0 Å². The van der Waals surface area contributed by atoms with Gasteiger partial charge in [0.1, 0.15) is 17.5 Å². The molecule has 0 nitrogen and oxygen atoms in total. The molecule has 3 aromatic carbocycles. The van der Waals surface area contributed by atoms with E-state index in [0.717, 1.165) is 29.2 Å². The van der Waals surface area contributed by atoms with Gasteiger partial charge in [-0.15, -0.1) is 0 Å². The first-order valence-electron chi connectivity index (χ1n) is 9.01. The van der Waals surface area contributed by atoms with Gasteiger partial charge in [0.2, 0.25) is 0 Å². The third-order valence-corrected chi connectivity index (χ3v) is 5.24. The van der Waals surface area contributed by atoms with Crippen LogP contribution in [-0.2, 0) is 0 Å². The van der Waals surface area contributed by atoms with Crippen molar-refractivity contribution in [2.45, 2.75) is 26.1 Å². The second-order valence-electron chi connectivity index (χ2n) is 6.85. The van der Waals surface area contributed by atoms with E-state index in [1.165, 1.54) is 36.4 Å². The van der Waals surface area contributed by atoms with Crippen molar-refractivity contribution in [1.29, 1.82) is 0 Å². The summed E-state index contributed by atoms with van der Waals surface area (Å²) >= 11 is 0. The third-order valence-electron chi connectivity index (χ3n) is 5.24. The van der Waals surface area contributed by atoms with Crippen molar-refractivity contribution in [3.63, 3.8) is 0 Å². The molecule has 0 amide bonds. The van der Waals surface area contributed by atoms with Crippen LogP contribution in [0.3, 0.4) is 0 Å². The van der Waals surface area contributed by atoms with E-state index in [-0.39, 0.29) is 36.3 Å². The zero-order chi connectivity index (χ0) is 18.6. The molecule has 0 unspecified atom stereocenters. The summed E-state index contributed by atoms with van der Waals surface area (Å²) in [6.45, 7) is 2.07. The molecule has 0 aromatic heterocycles. The maximum Gasteiger partial charge on any atom is 1.00 e. The van der Waals surface area contributed by atoms with Crippen molar-refractivity contribution in [2.24, 2.45) is 0 Å². The van der Waals surface area contributed by atoms with Crippen LogP contribution in [0.25, 0.3) is 0 Å². The van der Waals surface area contributed by atoms with Crippen LogP contribution in [0, 0.1) is 17.5 Å². The minimum atomic E-state index is -1.69. The van der Waals surface area contributed by atoms with Crippen LogP contribution in [0.5, 0.6) is 0 Å². The molecule has 0 aliphatic heterocycles. The van der Waals surface area contributed by atoms with E-state index in [1.807, 2.05) is 18.2 Å². The Hall–Kier alpha value is -1.89. The van der Waals surface area contributed by atoms with E-state index >= 15 is 0 Å². The van der Waals surface area contributed by atoms with Gasteiger partial charge in [-0.25, -0.2) is 13.2 Å². The summed E-state index contributed by atoms with van der Waals surface area (Å²) in [5.74, 6) is -1.05. The molecule has 0 spiro atoms. The summed E-state index contributed by atoms with van der Waals surface area (Å²) in [5.41, 5.74) is 2.28. The van der Waals surface area contributed by atoms with Gasteiger partial charge in [0, 0.05) is 0 Å². The van der Waals surface area contributed by atoms with Crippen LogP contribution in [0.15, 0.2) is 72.8 Å². The molecule has 0 heterocycles. The van der Waals surface area contributed by atoms with Gasteiger partial charge in [0.15, 0.2) is 0 Å². The smallest absolute Gasteiger partial charge is 0.207 e. The van der Waals surface area contributed by atoms with Crippen molar-refractivity contribution in [1.82, 2.24) is 0 Å². The van der Waals surface area contributed by atoms with Crippen LogP contribution in [0.2, 0.25) is 6.32 Å². The molecule has 0 saturated heterocycles. The molecule has 0 saturated carbocycles. The summed E-state index contributed by atoms with van der Waals surface area (Å²) < 4.78 is 42.2. The maximum absolute atomic E-state index is 14.1. The van der Waals surface area contributed by atoms with Crippen LogP contribution >= 0.6 is 0 Å². The molecule has 0 aliphatic carbocycles. The minimum absolute atomic E-state index is 0. The number of rotatable bonds is 6. The summed E-state index contributed by atoms with van der Waals surface area (Å²) in [4.78, 5) is 0. The molecule has 27 heavy (non-hydrogen) atoms. The summed E-state index contributed by atoms with van der Waals surface area (Å²) in [5, 5.41) is 0. The first-order valence-corrected chi connectivity index (χ1v) is 9.01. The van der Waals surface area contributed by atoms with E-state index in [9.17, 15) is 13.2 Å². The molecule has 5 heteroatoms. The van der Waals surface area contributed by atoms with Gasteiger partial charge in [-0.1, -0.05) is 74.4 Å². The predicted molar refractivity (Wildman–Crippen MR) is 104 cm³/mol. The number of halogens is 3. The zero-order valence-electron chi connectivity index (χ0n) is 15.8. The molecule has 0 N–H and O–H groups in total. The van der Waals surface area contributed by atoms with Crippen molar-refractivity contribution in [3.8, 4) is 0 Å². The number of hydrogen-bond donors (Lipinski definition) is 0. The molecule has 134 valence electrons. The standard InChI is InChI=1S/C22H21BF3.Li/c1-2-3-13-23(17-7-4-10-20(24)14-17,18-8-5-11-21(25)15-18)19-9-6-12-22(26)16-19;/h4-12,14-16H,2-3,13H2,1H3;/q-1;+1. The Morgan fingerprint density at radius 1 is 0.667 bits per heavy atom. The fourth-order valence-electron chi connectivity index (χ4n) is 4.03.